The Morgan fingerprint density at radius 3 is 2.21 bits per heavy atom. The molecule has 152 valence electrons. The van der Waals surface area contributed by atoms with Gasteiger partial charge in [-0.05, 0) is 40.5 Å². The van der Waals surface area contributed by atoms with Gasteiger partial charge in [-0.1, -0.05) is 54.6 Å². The Hall–Kier alpha value is -2.83. The molecule has 7 heteroatoms. The van der Waals surface area contributed by atoms with E-state index in [1.54, 1.807) is 24.3 Å². The lowest BCUT2D eigenvalue weighted by molar-refractivity contribution is -0.138. The summed E-state index contributed by atoms with van der Waals surface area (Å²) in [6.45, 7) is 0.561. The molecule has 0 heterocycles. The highest BCUT2D eigenvalue weighted by atomic mass is 35.5. The van der Waals surface area contributed by atoms with E-state index in [0.717, 1.165) is 22.8 Å². The Labute approximate surface area is 173 Å². The second-order valence-electron chi connectivity index (χ2n) is 6.40. The molecule has 0 radical (unpaired) electrons. The molecule has 3 nitrogen and oxygen atoms in total. The van der Waals surface area contributed by atoms with Gasteiger partial charge in [0.25, 0.3) is 0 Å². The number of halogens is 4. The van der Waals surface area contributed by atoms with Crippen LogP contribution in [0.25, 0.3) is 11.1 Å². The molecule has 29 heavy (non-hydrogen) atoms. The molecule has 0 aliphatic carbocycles. The molecular weight excluding hydrogens is 401 g/mol. The van der Waals surface area contributed by atoms with Crippen LogP contribution in [0.15, 0.2) is 72.8 Å². The van der Waals surface area contributed by atoms with Gasteiger partial charge in [0.2, 0.25) is 5.91 Å². The molecule has 0 aliphatic rings. The van der Waals surface area contributed by atoms with E-state index in [4.69, 9.17) is 5.73 Å². The molecule has 3 aromatic rings. The largest absolute Gasteiger partial charge is 0.416 e. The molecule has 0 spiro atoms. The van der Waals surface area contributed by atoms with Crippen LogP contribution in [0.3, 0.4) is 0 Å². The van der Waals surface area contributed by atoms with Crippen molar-refractivity contribution in [3.63, 3.8) is 0 Å². The third kappa shape index (κ3) is 5.82. The molecule has 0 unspecified atom stereocenters. The van der Waals surface area contributed by atoms with Crippen molar-refractivity contribution in [2.75, 3.05) is 0 Å². The zero-order valence-electron chi connectivity index (χ0n) is 15.4. The number of hydrogen-bond donors (Lipinski definition) is 2. The summed E-state index contributed by atoms with van der Waals surface area (Å²) in [5.74, 6) is -0.484. The summed E-state index contributed by atoms with van der Waals surface area (Å²) >= 11 is 0. The van der Waals surface area contributed by atoms with Crippen LogP contribution >= 0.6 is 12.4 Å². The fourth-order valence-corrected chi connectivity index (χ4v) is 2.96. The average molecular weight is 421 g/mol. The fraction of sp³-hybridized carbons (Fsp3) is 0.136. The van der Waals surface area contributed by atoms with E-state index in [2.05, 4.69) is 5.32 Å². The molecule has 0 aromatic heterocycles. The van der Waals surface area contributed by atoms with E-state index in [-0.39, 0.29) is 24.5 Å². The summed E-state index contributed by atoms with van der Waals surface area (Å²) in [4.78, 5) is 11.3. The predicted molar refractivity (Wildman–Crippen MR) is 110 cm³/mol. The lowest BCUT2D eigenvalue weighted by Gasteiger charge is -2.13. The van der Waals surface area contributed by atoms with Crippen LogP contribution in [0.4, 0.5) is 13.2 Å². The van der Waals surface area contributed by atoms with Gasteiger partial charge in [-0.2, -0.15) is 13.2 Å². The third-order valence-corrected chi connectivity index (χ3v) is 4.40. The zero-order valence-corrected chi connectivity index (χ0v) is 16.2. The second-order valence-corrected chi connectivity index (χ2v) is 6.40. The smallest absolute Gasteiger partial charge is 0.366 e. The number of amides is 1. The van der Waals surface area contributed by atoms with Gasteiger partial charge in [-0.15, -0.1) is 12.4 Å². The Morgan fingerprint density at radius 2 is 1.55 bits per heavy atom. The number of nitrogens with one attached hydrogen (secondary N) is 1. The first-order valence-electron chi connectivity index (χ1n) is 8.69. The number of primary amides is 1. The monoisotopic (exact) mass is 420 g/mol. The van der Waals surface area contributed by atoms with Gasteiger partial charge >= 0.3 is 6.18 Å². The van der Waals surface area contributed by atoms with Crippen molar-refractivity contribution in [2.45, 2.75) is 19.3 Å². The number of alkyl halides is 3. The fourth-order valence-electron chi connectivity index (χ4n) is 2.96. The Kier molecular flexibility index (Phi) is 7.42. The number of carbonyl (C=O) groups excluding carboxylic acids is 1. The van der Waals surface area contributed by atoms with Gasteiger partial charge in [0.15, 0.2) is 0 Å². The van der Waals surface area contributed by atoms with Gasteiger partial charge in [0, 0.05) is 18.7 Å². The van der Waals surface area contributed by atoms with E-state index in [1.165, 1.54) is 12.1 Å². The molecule has 3 N–H and O–H groups in total. The maximum absolute atomic E-state index is 13.0. The topological polar surface area (TPSA) is 55.1 Å². The Morgan fingerprint density at radius 1 is 0.862 bits per heavy atom. The van der Waals surface area contributed by atoms with E-state index in [1.807, 2.05) is 30.3 Å². The van der Waals surface area contributed by atoms with Crippen LogP contribution in [-0.2, 0) is 19.3 Å². The molecule has 0 fully saturated rings. The number of hydrogen-bond acceptors (Lipinski definition) is 2. The minimum atomic E-state index is -4.36. The Balaban J connectivity index is 0.00000300. The summed E-state index contributed by atoms with van der Waals surface area (Å²) in [5, 5.41) is 3.05. The van der Waals surface area contributed by atoms with Gasteiger partial charge < -0.3 is 11.1 Å². The molecule has 0 saturated heterocycles. The lowest BCUT2D eigenvalue weighted by atomic mass is 10.0. The van der Waals surface area contributed by atoms with Crippen molar-refractivity contribution in [2.24, 2.45) is 5.73 Å². The van der Waals surface area contributed by atoms with E-state index < -0.39 is 17.6 Å². The highest BCUT2D eigenvalue weighted by Crippen LogP contribution is 2.31. The summed E-state index contributed by atoms with van der Waals surface area (Å²) in [5.41, 5.74) is 8.08. The summed E-state index contributed by atoms with van der Waals surface area (Å²) in [6.07, 6.45) is -4.36. The molecule has 1 amide bonds. The first-order valence-corrected chi connectivity index (χ1v) is 8.69. The summed E-state index contributed by atoms with van der Waals surface area (Å²) in [7, 11) is 0. The minimum absolute atomic E-state index is 0. The Bertz CT molecular complexity index is 972. The maximum atomic E-state index is 13.0. The molecule has 3 aromatic carbocycles. The van der Waals surface area contributed by atoms with Crippen molar-refractivity contribution in [3.8, 4) is 11.1 Å². The van der Waals surface area contributed by atoms with Crippen molar-refractivity contribution < 1.29 is 18.0 Å². The van der Waals surface area contributed by atoms with Crippen LogP contribution in [0.2, 0.25) is 0 Å². The van der Waals surface area contributed by atoms with Crippen molar-refractivity contribution in [3.05, 3.63) is 95.1 Å². The number of rotatable bonds is 6. The quantitative estimate of drug-likeness (QED) is 0.577. The molecule has 0 saturated carbocycles. The standard InChI is InChI=1S/C22H19F3N2O.ClH/c23-22(24,25)20-7-2-1-4-19(20)14-27-13-15-8-10-16(11-9-15)17-5-3-6-18(12-17)21(26)28;/h1-12,27H,13-14H2,(H2,26,28);1H. The normalized spacial score (nSPS) is 11.0. The first kappa shape index (κ1) is 22.5. The number of benzene rings is 3. The SMILES string of the molecule is Cl.NC(=O)c1cccc(-c2ccc(CNCc3ccccc3C(F)(F)F)cc2)c1. The number of nitrogens with two attached hydrogens (primary N) is 1. The van der Waals surface area contributed by atoms with Crippen LogP contribution in [-0.4, -0.2) is 5.91 Å². The van der Waals surface area contributed by atoms with Crippen LogP contribution in [0.5, 0.6) is 0 Å². The first-order chi connectivity index (χ1) is 13.3. The molecular formula is C22H20ClF3N2O. The molecule has 0 aliphatic heterocycles. The van der Waals surface area contributed by atoms with E-state index in [0.29, 0.717) is 12.1 Å². The molecule has 0 bridgehead atoms. The highest BCUT2D eigenvalue weighted by molar-refractivity contribution is 5.94. The van der Waals surface area contributed by atoms with Crippen molar-refractivity contribution >= 4 is 18.3 Å². The van der Waals surface area contributed by atoms with Gasteiger partial charge in [0.1, 0.15) is 0 Å². The average Bonchev–Trinajstić information content (AvgIpc) is 2.68. The second kappa shape index (κ2) is 9.58. The van der Waals surface area contributed by atoms with E-state index in [9.17, 15) is 18.0 Å². The zero-order chi connectivity index (χ0) is 20.1. The van der Waals surface area contributed by atoms with Crippen molar-refractivity contribution in [1.82, 2.24) is 5.32 Å². The van der Waals surface area contributed by atoms with Crippen LogP contribution in [0.1, 0.15) is 27.0 Å². The van der Waals surface area contributed by atoms with Crippen molar-refractivity contribution in [1.29, 1.82) is 0 Å². The highest BCUT2D eigenvalue weighted by Gasteiger charge is 2.32. The van der Waals surface area contributed by atoms with E-state index >= 15 is 0 Å². The molecule has 0 atom stereocenters. The third-order valence-electron chi connectivity index (χ3n) is 4.40. The van der Waals surface area contributed by atoms with Crippen LogP contribution in [0, 0.1) is 0 Å². The lowest BCUT2D eigenvalue weighted by Crippen LogP contribution is -2.17. The van der Waals surface area contributed by atoms with Gasteiger partial charge in [0.05, 0.1) is 5.56 Å². The predicted octanol–water partition coefficient (Wildman–Crippen LogP) is 5.18. The maximum Gasteiger partial charge on any atom is 0.416 e. The summed E-state index contributed by atoms with van der Waals surface area (Å²) in [6, 6.07) is 20.2. The minimum Gasteiger partial charge on any atom is -0.366 e. The van der Waals surface area contributed by atoms with Gasteiger partial charge in [-0.3, -0.25) is 4.79 Å². The van der Waals surface area contributed by atoms with Crippen LogP contribution < -0.4 is 11.1 Å². The van der Waals surface area contributed by atoms with Gasteiger partial charge in [-0.25, -0.2) is 0 Å². The number of carbonyl (C=O) groups is 1. The summed E-state index contributed by atoms with van der Waals surface area (Å²) < 4.78 is 39.1. The molecule has 3 rings (SSSR count).